The van der Waals surface area contributed by atoms with Crippen molar-refractivity contribution in [3.05, 3.63) is 53.4 Å². The zero-order chi connectivity index (χ0) is 17.8. The molecule has 0 aliphatic carbocycles. The number of amides is 1. The molecule has 0 bridgehead atoms. The third-order valence-electron chi connectivity index (χ3n) is 3.72. The molecular weight excluding hydrogens is 325 g/mol. The number of ether oxygens (including phenoxy) is 3. The Hall–Kier alpha value is -3.02. The summed E-state index contributed by atoms with van der Waals surface area (Å²) in [5.74, 6) is 1.04. The van der Waals surface area contributed by atoms with Gasteiger partial charge in [-0.1, -0.05) is 0 Å². The lowest BCUT2D eigenvalue weighted by molar-refractivity contribution is -0.111. The molecule has 6 heteroatoms. The number of rotatable bonds is 4. The van der Waals surface area contributed by atoms with Crippen molar-refractivity contribution in [2.75, 3.05) is 25.6 Å². The van der Waals surface area contributed by atoms with E-state index in [2.05, 4.69) is 5.32 Å². The lowest BCUT2D eigenvalue weighted by Gasteiger charge is -2.20. The van der Waals surface area contributed by atoms with Gasteiger partial charge in [0, 0.05) is 11.8 Å². The van der Waals surface area contributed by atoms with E-state index in [1.165, 1.54) is 24.3 Å². The van der Waals surface area contributed by atoms with Crippen molar-refractivity contribution in [1.29, 1.82) is 0 Å². The number of halogens is 1. The first-order valence-corrected chi connectivity index (χ1v) is 7.79. The highest BCUT2D eigenvalue weighted by Gasteiger charge is 2.17. The summed E-state index contributed by atoms with van der Waals surface area (Å²) >= 11 is 0. The Morgan fingerprint density at radius 3 is 2.80 bits per heavy atom. The van der Waals surface area contributed by atoms with Crippen LogP contribution in [0, 0.1) is 12.7 Å². The number of carbonyl (C=O) groups excluding carboxylic acids is 1. The van der Waals surface area contributed by atoms with Crippen molar-refractivity contribution in [3.8, 4) is 17.2 Å². The number of fused-ring (bicyclic) bond motifs is 1. The van der Waals surface area contributed by atoms with Gasteiger partial charge < -0.3 is 19.5 Å². The summed E-state index contributed by atoms with van der Waals surface area (Å²) in [5.41, 5.74) is 1.96. The van der Waals surface area contributed by atoms with Crippen LogP contribution in [0.25, 0.3) is 6.08 Å². The van der Waals surface area contributed by atoms with Gasteiger partial charge in [0.1, 0.15) is 19.0 Å². The highest BCUT2D eigenvalue weighted by Crippen LogP contribution is 2.40. The SMILES string of the molecule is COc1cc(/C=C/C(=O)Nc2ccc(F)cc2C)cc2c1OCCO2. The fourth-order valence-corrected chi connectivity index (χ4v) is 2.50. The maximum Gasteiger partial charge on any atom is 0.248 e. The minimum absolute atomic E-state index is 0.316. The Morgan fingerprint density at radius 2 is 2.04 bits per heavy atom. The number of methoxy groups -OCH3 is 1. The van der Waals surface area contributed by atoms with Gasteiger partial charge in [-0.05, 0) is 54.5 Å². The molecular formula is C19H18FNO4. The van der Waals surface area contributed by atoms with Gasteiger partial charge in [-0.3, -0.25) is 4.79 Å². The molecule has 0 unspecified atom stereocenters. The van der Waals surface area contributed by atoms with Crippen LogP contribution >= 0.6 is 0 Å². The van der Waals surface area contributed by atoms with E-state index in [0.29, 0.717) is 41.7 Å². The molecule has 5 nitrogen and oxygen atoms in total. The van der Waals surface area contributed by atoms with Crippen LogP contribution in [0.1, 0.15) is 11.1 Å². The van der Waals surface area contributed by atoms with Crippen LogP contribution in [0.3, 0.4) is 0 Å². The number of carbonyl (C=O) groups is 1. The minimum Gasteiger partial charge on any atom is -0.493 e. The number of nitrogens with one attached hydrogen (secondary N) is 1. The molecule has 2 aromatic carbocycles. The Kier molecular flexibility index (Phi) is 4.88. The maximum atomic E-state index is 13.1. The molecule has 2 aromatic rings. The van der Waals surface area contributed by atoms with Gasteiger partial charge in [0.2, 0.25) is 11.7 Å². The first-order valence-electron chi connectivity index (χ1n) is 7.79. The zero-order valence-electron chi connectivity index (χ0n) is 14.0. The molecule has 0 saturated heterocycles. The van der Waals surface area contributed by atoms with Crippen LogP contribution in [-0.4, -0.2) is 26.2 Å². The van der Waals surface area contributed by atoms with Crippen LogP contribution in [-0.2, 0) is 4.79 Å². The topological polar surface area (TPSA) is 56.8 Å². The highest BCUT2D eigenvalue weighted by atomic mass is 19.1. The Balaban J connectivity index is 1.76. The number of anilines is 1. The Labute approximate surface area is 145 Å². The maximum absolute atomic E-state index is 13.1. The lowest BCUT2D eigenvalue weighted by Crippen LogP contribution is -2.16. The average molecular weight is 343 g/mol. The number of aryl methyl sites for hydroxylation is 1. The van der Waals surface area contributed by atoms with E-state index in [1.807, 2.05) is 0 Å². The van der Waals surface area contributed by atoms with Gasteiger partial charge in [-0.25, -0.2) is 4.39 Å². The normalized spacial score (nSPS) is 12.9. The predicted octanol–water partition coefficient (Wildman–Crippen LogP) is 3.57. The van der Waals surface area contributed by atoms with Crippen molar-refractivity contribution in [2.45, 2.75) is 6.92 Å². The molecule has 3 rings (SSSR count). The van der Waals surface area contributed by atoms with Crippen LogP contribution in [0.15, 0.2) is 36.4 Å². The van der Waals surface area contributed by atoms with Crippen molar-refractivity contribution in [3.63, 3.8) is 0 Å². The summed E-state index contributed by atoms with van der Waals surface area (Å²) in [5, 5.41) is 2.72. The summed E-state index contributed by atoms with van der Waals surface area (Å²) in [6.45, 7) is 2.67. The standard InChI is InChI=1S/C19H18FNO4/c1-12-9-14(20)4-5-15(12)21-18(22)6-3-13-10-16(23-2)19-17(11-13)24-7-8-25-19/h3-6,9-11H,7-8H2,1-2H3,(H,21,22)/b6-3+. The third kappa shape index (κ3) is 3.91. The Morgan fingerprint density at radius 1 is 1.24 bits per heavy atom. The van der Waals surface area contributed by atoms with E-state index < -0.39 is 0 Å². The van der Waals surface area contributed by atoms with Gasteiger partial charge in [-0.15, -0.1) is 0 Å². The second-order valence-electron chi connectivity index (χ2n) is 5.53. The molecule has 25 heavy (non-hydrogen) atoms. The molecule has 1 N–H and O–H groups in total. The average Bonchev–Trinajstić information content (AvgIpc) is 2.61. The van der Waals surface area contributed by atoms with E-state index in [-0.39, 0.29) is 11.7 Å². The molecule has 0 saturated carbocycles. The van der Waals surface area contributed by atoms with E-state index in [0.717, 1.165) is 5.56 Å². The summed E-state index contributed by atoms with van der Waals surface area (Å²) in [7, 11) is 1.55. The fourth-order valence-electron chi connectivity index (χ4n) is 2.50. The highest BCUT2D eigenvalue weighted by molar-refractivity contribution is 6.02. The van der Waals surface area contributed by atoms with Crippen molar-refractivity contribution in [1.82, 2.24) is 0 Å². The first kappa shape index (κ1) is 16.8. The van der Waals surface area contributed by atoms with E-state index >= 15 is 0 Å². The minimum atomic E-state index is -0.339. The van der Waals surface area contributed by atoms with Crippen LogP contribution < -0.4 is 19.5 Å². The molecule has 0 fully saturated rings. The number of hydrogen-bond acceptors (Lipinski definition) is 4. The summed E-state index contributed by atoms with van der Waals surface area (Å²) in [4.78, 5) is 12.1. The predicted molar refractivity (Wildman–Crippen MR) is 92.8 cm³/mol. The number of benzene rings is 2. The Bertz CT molecular complexity index is 815. The smallest absolute Gasteiger partial charge is 0.248 e. The van der Waals surface area contributed by atoms with Crippen molar-refractivity contribution in [2.24, 2.45) is 0 Å². The van der Waals surface area contributed by atoms with Crippen LogP contribution in [0.4, 0.5) is 10.1 Å². The van der Waals surface area contributed by atoms with Gasteiger partial charge in [0.05, 0.1) is 7.11 Å². The molecule has 1 aliphatic heterocycles. The largest absolute Gasteiger partial charge is 0.493 e. The second-order valence-corrected chi connectivity index (χ2v) is 5.53. The van der Waals surface area contributed by atoms with Gasteiger partial charge >= 0.3 is 0 Å². The molecule has 1 aliphatic rings. The van der Waals surface area contributed by atoms with Crippen LogP contribution in [0.2, 0.25) is 0 Å². The summed E-state index contributed by atoms with van der Waals surface area (Å²) < 4.78 is 29.5. The molecule has 0 radical (unpaired) electrons. The molecule has 0 atom stereocenters. The monoisotopic (exact) mass is 343 g/mol. The van der Waals surface area contributed by atoms with Crippen LogP contribution in [0.5, 0.6) is 17.2 Å². The zero-order valence-corrected chi connectivity index (χ0v) is 14.0. The quantitative estimate of drug-likeness (QED) is 0.863. The molecule has 0 aromatic heterocycles. The van der Waals surface area contributed by atoms with Gasteiger partial charge in [0.15, 0.2) is 11.5 Å². The van der Waals surface area contributed by atoms with Crippen molar-refractivity contribution >= 4 is 17.7 Å². The third-order valence-corrected chi connectivity index (χ3v) is 3.72. The molecule has 130 valence electrons. The summed E-state index contributed by atoms with van der Waals surface area (Å²) in [6.07, 6.45) is 3.04. The lowest BCUT2D eigenvalue weighted by atomic mass is 10.1. The fraction of sp³-hybridized carbons (Fsp3) is 0.211. The molecule has 1 heterocycles. The van der Waals surface area contributed by atoms with E-state index in [9.17, 15) is 9.18 Å². The van der Waals surface area contributed by atoms with Crippen molar-refractivity contribution < 1.29 is 23.4 Å². The van der Waals surface area contributed by atoms with E-state index in [1.54, 1.807) is 32.2 Å². The van der Waals surface area contributed by atoms with Gasteiger partial charge in [0.25, 0.3) is 0 Å². The number of hydrogen-bond donors (Lipinski definition) is 1. The second kappa shape index (κ2) is 7.25. The van der Waals surface area contributed by atoms with Gasteiger partial charge in [-0.2, -0.15) is 0 Å². The first-order chi connectivity index (χ1) is 12.1. The summed E-state index contributed by atoms with van der Waals surface area (Å²) in [6, 6.07) is 7.75. The molecule has 0 spiro atoms. The van der Waals surface area contributed by atoms with E-state index in [4.69, 9.17) is 14.2 Å². The molecule has 1 amide bonds.